The summed E-state index contributed by atoms with van der Waals surface area (Å²) in [6, 6.07) is 20.0. The predicted octanol–water partition coefficient (Wildman–Crippen LogP) is 4.12. The van der Waals surface area contributed by atoms with E-state index in [1.54, 1.807) is 60.7 Å². The van der Waals surface area contributed by atoms with Gasteiger partial charge < -0.3 is 15.5 Å². The first-order valence-electron chi connectivity index (χ1n) is 9.27. The molecule has 0 aliphatic carbocycles. The normalized spacial score (nSPS) is 10.7. The number of anilines is 1. The minimum atomic E-state index is -0.529. The fourth-order valence-electron chi connectivity index (χ4n) is 3.12. The maximum Gasteiger partial charge on any atom is 0.255 e. The molecule has 1 heterocycles. The number of carbonyl (C=O) groups excluding carboxylic acids is 2. The average Bonchev–Trinajstić information content (AvgIpc) is 2.74. The number of hydrogen-bond acceptors (Lipinski definition) is 4. The quantitative estimate of drug-likeness (QED) is 0.540. The smallest absolute Gasteiger partial charge is 0.255 e. The van der Waals surface area contributed by atoms with Crippen molar-refractivity contribution in [3.05, 3.63) is 99.7 Å². The molecular formula is C24H18N2O4. The van der Waals surface area contributed by atoms with E-state index in [1.165, 1.54) is 6.07 Å². The van der Waals surface area contributed by atoms with Crippen molar-refractivity contribution in [1.29, 1.82) is 0 Å². The molecule has 6 heteroatoms. The van der Waals surface area contributed by atoms with Crippen LogP contribution >= 0.6 is 0 Å². The van der Waals surface area contributed by atoms with Crippen molar-refractivity contribution < 1.29 is 14.0 Å². The molecule has 4 aromatic rings. The van der Waals surface area contributed by atoms with E-state index >= 15 is 0 Å². The zero-order valence-electron chi connectivity index (χ0n) is 16.1. The third-order valence-electron chi connectivity index (χ3n) is 4.74. The van der Waals surface area contributed by atoms with Gasteiger partial charge in [-0.05, 0) is 55.5 Å². The van der Waals surface area contributed by atoms with Gasteiger partial charge >= 0.3 is 0 Å². The van der Waals surface area contributed by atoms with E-state index in [1.807, 2.05) is 13.0 Å². The summed E-state index contributed by atoms with van der Waals surface area (Å²) in [6.07, 6.45) is 0. The average molecular weight is 398 g/mol. The van der Waals surface area contributed by atoms with E-state index in [2.05, 4.69) is 5.32 Å². The van der Waals surface area contributed by atoms with Crippen LogP contribution in [0.5, 0.6) is 0 Å². The van der Waals surface area contributed by atoms with Gasteiger partial charge in [0.1, 0.15) is 11.3 Å². The number of aryl methyl sites for hydroxylation is 1. The highest BCUT2D eigenvalue weighted by atomic mass is 16.3. The van der Waals surface area contributed by atoms with Crippen LogP contribution in [-0.2, 0) is 0 Å². The van der Waals surface area contributed by atoms with Crippen LogP contribution in [0.4, 0.5) is 5.69 Å². The summed E-state index contributed by atoms with van der Waals surface area (Å²) in [6.45, 7) is 1.92. The second-order valence-corrected chi connectivity index (χ2v) is 6.95. The summed E-state index contributed by atoms with van der Waals surface area (Å²) in [4.78, 5) is 36.0. The Morgan fingerprint density at radius 2 is 1.53 bits per heavy atom. The topological polar surface area (TPSA) is 102 Å². The van der Waals surface area contributed by atoms with Crippen molar-refractivity contribution >= 4 is 28.5 Å². The van der Waals surface area contributed by atoms with Crippen molar-refractivity contribution in [2.75, 3.05) is 5.32 Å². The summed E-state index contributed by atoms with van der Waals surface area (Å²) < 4.78 is 5.87. The summed E-state index contributed by atoms with van der Waals surface area (Å²) >= 11 is 0. The molecule has 0 atom stereocenters. The highest BCUT2D eigenvalue weighted by Gasteiger charge is 2.10. The maximum atomic E-state index is 12.5. The standard InChI is InChI=1S/C24H18N2O4/c1-14-2-11-21-19(12-14)20(27)13-22(30-21)15-3-5-17(6-4-15)24(29)26-18-9-7-16(8-10-18)23(25)28/h2-13H,1H3,(H2,25,28)(H,26,29). The molecule has 0 aliphatic rings. The SMILES string of the molecule is Cc1ccc2oc(-c3ccc(C(=O)Nc4ccc(C(N)=O)cc4)cc3)cc(=O)c2c1. The van der Waals surface area contributed by atoms with Crippen LogP contribution in [0.3, 0.4) is 0 Å². The van der Waals surface area contributed by atoms with Crippen molar-refractivity contribution in [2.45, 2.75) is 6.92 Å². The van der Waals surface area contributed by atoms with Crippen LogP contribution in [0.15, 0.2) is 82.0 Å². The Morgan fingerprint density at radius 1 is 0.867 bits per heavy atom. The highest BCUT2D eigenvalue weighted by Crippen LogP contribution is 2.23. The van der Waals surface area contributed by atoms with Crippen LogP contribution in [0, 0.1) is 6.92 Å². The molecule has 0 unspecified atom stereocenters. The third-order valence-corrected chi connectivity index (χ3v) is 4.74. The first kappa shape index (κ1) is 19.1. The molecule has 148 valence electrons. The molecule has 0 saturated heterocycles. The number of fused-ring (bicyclic) bond motifs is 1. The Hall–Kier alpha value is -4.19. The van der Waals surface area contributed by atoms with Gasteiger partial charge in [0, 0.05) is 28.4 Å². The van der Waals surface area contributed by atoms with Gasteiger partial charge in [-0.15, -0.1) is 0 Å². The molecule has 1 aromatic heterocycles. The first-order chi connectivity index (χ1) is 14.4. The zero-order chi connectivity index (χ0) is 21.3. The molecule has 0 bridgehead atoms. The number of nitrogens with one attached hydrogen (secondary N) is 1. The van der Waals surface area contributed by atoms with Gasteiger partial charge in [0.05, 0.1) is 5.39 Å². The molecule has 0 aliphatic heterocycles. The molecule has 3 aromatic carbocycles. The predicted molar refractivity (Wildman–Crippen MR) is 116 cm³/mol. The Labute approximate surface area is 172 Å². The van der Waals surface area contributed by atoms with Crippen LogP contribution in [0.25, 0.3) is 22.3 Å². The minimum absolute atomic E-state index is 0.115. The number of amides is 2. The zero-order valence-corrected chi connectivity index (χ0v) is 16.1. The van der Waals surface area contributed by atoms with E-state index in [0.29, 0.717) is 39.1 Å². The van der Waals surface area contributed by atoms with Gasteiger partial charge in [0.15, 0.2) is 5.43 Å². The Balaban J connectivity index is 1.56. The van der Waals surface area contributed by atoms with Crippen molar-refractivity contribution in [3.8, 4) is 11.3 Å². The molecule has 4 rings (SSSR count). The lowest BCUT2D eigenvalue weighted by Gasteiger charge is -2.07. The van der Waals surface area contributed by atoms with Gasteiger partial charge in [0.25, 0.3) is 5.91 Å². The molecule has 6 nitrogen and oxygen atoms in total. The number of carbonyl (C=O) groups is 2. The Morgan fingerprint density at radius 3 is 2.20 bits per heavy atom. The number of benzene rings is 3. The second kappa shape index (κ2) is 7.67. The molecule has 3 N–H and O–H groups in total. The molecule has 0 radical (unpaired) electrons. The number of hydrogen-bond donors (Lipinski definition) is 2. The van der Waals surface area contributed by atoms with E-state index < -0.39 is 5.91 Å². The van der Waals surface area contributed by atoms with E-state index in [4.69, 9.17) is 10.2 Å². The first-order valence-corrected chi connectivity index (χ1v) is 9.27. The second-order valence-electron chi connectivity index (χ2n) is 6.95. The summed E-state index contributed by atoms with van der Waals surface area (Å²) in [5, 5.41) is 3.30. The lowest BCUT2D eigenvalue weighted by atomic mass is 10.1. The largest absolute Gasteiger partial charge is 0.456 e. The van der Waals surface area contributed by atoms with E-state index in [9.17, 15) is 14.4 Å². The molecule has 0 spiro atoms. The lowest BCUT2D eigenvalue weighted by Crippen LogP contribution is -2.13. The van der Waals surface area contributed by atoms with Crippen LogP contribution in [0.2, 0.25) is 0 Å². The van der Waals surface area contributed by atoms with Crippen LogP contribution in [0.1, 0.15) is 26.3 Å². The Kier molecular flexibility index (Phi) is 4.90. The molecular weight excluding hydrogens is 380 g/mol. The number of primary amides is 1. The molecule has 30 heavy (non-hydrogen) atoms. The monoisotopic (exact) mass is 398 g/mol. The van der Waals surface area contributed by atoms with Crippen molar-refractivity contribution in [2.24, 2.45) is 5.73 Å². The van der Waals surface area contributed by atoms with E-state index in [0.717, 1.165) is 5.56 Å². The van der Waals surface area contributed by atoms with Gasteiger partial charge in [-0.2, -0.15) is 0 Å². The van der Waals surface area contributed by atoms with Gasteiger partial charge in [-0.25, -0.2) is 0 Å². The highest BCUT2D eigenvalue weighted by molar-refractivity contribution is 6.04. The van der Waals surface area contributed by atoms with Crippen LogP contribution < -0.4 is 16.5 Å². The minimum Gasteiger partial charge on any atom is -0.456 e. The maximum absolute atomic E-state index is 12.5. The summed E-state index contributed by atoms with van der Waals surface area (Å²) in [7, 11) is 0. The fourth-order valence-corrected chi connectivity index (χ4v) is 3.12. The fraction of sp³-hybridized carbons (Fsp3) is 0.0417. The molecule has 2 amide bonds. The van der Waals surface area contributed by atoms with Gasteiger partial charge in [-0.1, -0.05) is 23.8 Å². The molecule has 0 fully saturated rings. The van der Waals surface area contributed by atoms with Crippen molar-refractivity contribution in [1.82, 2.24) is 0 Å². The number of rotatable bonds is 4. The van der Waals surface area contributed by atoms with Crippen molar-refractivity contribution in [3.63, 3.8) is 0 Å². The van der Waals surface area contributed by atoms with Gasteiger partial charge in [-0.3, -0.25) is 14.4 Å². The third kappa shape index (κ3) is 3.84. The van der Waals surface area contributed by atoms with Gasteiger partial charge in [0.2, 0.25) is 5.91 Å². The summed E-state index contributed by atoms with van der Waals surface area (Å²) in [5.41, 5.74) is 8.65. The number of nitrogens with two attached hydrogens (primary N) is 1. The van der Waals surface area contributed by atoms with E-state index in [-0.39, 0.29) is 11.3 Å². The summed E-state index contributed by atoms with van der Waals surface area (Å²) in [5.74, 6) is -0.395. The van der Waals surface area contributed by atoms with Crippen LogP contribution in [-0.4, -0.2) is 11.8 Å². The lowest BCUT2D eigenvalue weighted by molar-refractivity contribution is 0.0998. The molecule has 0 saturated carbocycles. The Bertz CT molecular complexity index is 1320.